The van der Waals surface area contributed by atoms with E-state index in [1.807, 2.05) is 26.0 Å². The highest BCUT2D eigenvalue weighted by molar-refractivity contribution is 5.79. The molecule has 1 atom stereocenters. The molecular formula is C22H25NO2. The summed E-state index contributed by atoms with van der Waals surface area (Å²) < 4.78 is 5.54. The summed E-state index contributed by atoms with van der Waals surface area (Å²) in [6.07, 6.45) is 1.43. The van der Waals surface area contributed by atoms with Crippen LogP contribution >= 0.6 is 0 Å². The molecule has 0 spiro atoms. The number of fused-ring (bicyclic) bond motifs is 3. The van der Waals surface area contributed by atoms with Crippen LogP contribution in [0.3, 0.4) is 0 Å². The van der Waals surface area contributed by atoms with Crippen LogP contribution in [0, 0.1) is 0 Å². The third-order valence-electron chi connectivity index (χ3n) is 4.71. The molecule has 0 heterocycles. The SMILES string of the molecule is C=C(C)CCC(C)NC(=O)OCC1c2ccccc2-c2ccccc21. The Morgan fingerprint density at radius 2 is 1.68 bits per heavy atom. The molecule has 130 valence electrons. The van der Waals surface area contributed by atoms with Gasteiger partial charge >= 0.3 is 6.09 Å². The van der Waals surface area contributed by atoms with Crippen LogP contribution in [0.4, 0.5) is 4.79 Å². The fraction of sp³-hybridized carbons (Fsp3) is 0.318. The van der Waals surface area contributed by atoms with Crippen molar-refractivity contribution in [3.8, 4) is 11.1 Å². The number of nitrogens with one attached hydrogen (secondary N) is 1. The number of carbonyl (C=O) groups is 1. The zero-order valence-corrected chi connectivity index (χ0v) is 14.9. The van der Waals surface area contributed by atoms with Crippen LogP contribution in [-0.2, 0) is 4.74 Å². The van der Waals surface area contributed by atoms with E-state index in [2.05, 4.69) is 48.3 Å². The molecule has 0 fully saturated rings. The Morgan fingerprint density at radius 3 is 2.24 bits per heavy atom. The Morgan fingerprint density at radius 1 is 1.12 bits per heavy atom. The fourth-order valence-electron chi connectivity index (χ4n) is 3.38. The molecule has 1 aliphatic carbocycles. The van der Waals surface area contributed by atoms with Gasteiger partial charge in [-0.25, -0.2) is 4.79 Å². The first-order valence-electron chi connectivity index (χ1n) is 8.82. The average molecular weight is 335 g/mol. The summed E-state index contributed by atoms with van der Waals surface area (Å²) in [5.41, 5.74) is 6.06. The quantitative estimate of drug-likeness (QED) is 0.730. The molecule has 0 aliphatic heterocycles. The summed E-state index contributed by atoms with van der Waals surface area (Å²) >= 11 is 0. The number of ether oxygens (including phenoxy) is 1. The third kappa shape index (κ3) is 3.93. The predicted octanol–water partition coefficient (Wildman–Crippen LogP) is 5.27. The Labute approximate surface area is 149 Å². The van der Waals surface area contributed by atoms with E-state index in [9.17, 15) is 4.79 Å². The van der Waals surface area contributed by atoms with Crippen molar-refractivity contribution in [3.63, 3.8) is 0 Å². The molecule has 3 rings (SSSR count). The first kappa shape index (κ1) is 17.3. The summed E-state index contributed by atoms with van der Waals surface area (Å²) in [6.45, 7) is 8.24. The minimum absolute atomic E-state index is 0.0763. The molecule has 0 bridgehead atoms. The average Bonchev–Trinajstić information content (AvgIpc) is 2.92. The van der Waals surface area contributed by atoms with Crippen molar-refractivity contribution in [1.82, 2.24) is 5.32 Å². The summed E-state index contributed by atoms with van der Waals surface area (Å²) in [6, 6.07) is 16.8. The molecule has 1 aliphatic rings. The lowest BCUT2D eigenvalue weighted by molar-refractivity contribution is 0.139. The van der Waals surface area contributed by atoms with Gasteiger partial charge < -0.3 is 10.1 Å². The second-order valence-corrected chi connectivity index (χ2v) is 6.87. The van der Waals surface area contributed by atoms with Crippen LogP contribution in [-0.4, -0.2) is 18.7 Å². The van der Waals surface area contributed by atoms with E-state index in [-0.39, 0.29) is 18.1 Å². The van der Waals surface area contributed by atoms with E-state index in [1.165, 1.54) is 22.3 Å². The maximum absolute atomic E-state index is 12.1. The zero-order chi connectivity index (χ0) is 17.8. The van der Waals surface area contributed by atoms with E-state index < -0.39 is 0 Å². The maximum atomic E-state index is 12.1. The summed E-state index contributed by atoms with van der Waals surface area (Å²) in [4.78, 5) is 12.1. The van der Waals surface area contributed by atoms with Gasteiger partial charge in [0.2, 0.25) is 0 Å². The number of alkyl carbamates (subject to hydrolysis) is 1. The molecule has 1 unspecified atom stereocenters. The van der Waals surface area contributed by atoms with Gasteiger partial charge in [0.05, 0.1) is 0 Å². The van der Waals surface area contributed by atoms with Crippen molar-refractivity contribution in [2.24, 2.45) is 0 Å². The summed E-state index contributed by atoms with van der Waals surface area (Å²) in [5.74, 6) is 0.101. The molecule has 3 nitrogen and oxygen atoms in total. The van der Waals surface area contributed by atoms with Gasteiger partial charge in [0.1, 0.15) is 6.61 Å². The zero-order valence-electron chi connectivity index (χ0n) is 14.9. The minimum atomic E-state index is -0.351. The number of hydrogen-bond donors (Lipinski definition) is 1. The Bertz CT molecular complexity index is 736. The van der Waals surface area contributed by atoms with E-state index in [1.54, 1.807) is 0 Å². The van der Waals surface area contributed by atoms with Gasteiger partial charge in [0, 0.05) is 12.0 Å². The lowest BCUT2D eigenvalue weighted by atomic mass is 9.98. The third-order valence-corrected chi connectivity index (χ3v) is 4.71. The fourth-order valence-corrected chi connectivity index (χ4v) is 3.38. The minimum Gasteiger partial charge on any atom is -0.449 e. The molecule has 0 radical (unpaired) electrons. The Hall–Kier alpha value is -2.55. The molecular weight excluding hydrogens is 310 g/mol. The number of amides is 1. The van der Waals surface area contributed by atoms with Gasteiger partial charge in [0.15, 0.2) is 0 Å². The normalized spacial score (nSPS) is 13.7. The number of hydrogen-bond acceptors (Lipinski definition) is 2. The highest BCUT2D eigenvalue weighted by Gasteiger charge is 2.29. The van der Waals surface area contributed by atoms with Crippen molar-refractivity contribution < 1.29 is 9.53 Å². The number of carbonyl (C=O) groups excluding carboxylic acids is 1. The van der Waals surface area contributed by atoms with Crippen LogP contribution < -0.4 is 5.32 Å². The second-order valence-electron chi connectivity index (χ2n) is 6.87. The van der Waals surface area contributed by atoms with Gasteiger partial charge in [-0.2, -0.15) is 0 Å². The van der Waals surface area contributed by atoms with E-state index in [0.29, 0.717) is 6.61 Å². The summed E-state index contributed by atoms with van der Waals surface area (Å²) in [7, 11) is 0. The molecule has 1 N–H and O–H groups in total. The van der Waals surface area contributed by atoms with Gasteiger partial charge in [-0.15, -0.1) is 6.58 Å². The first-order valence-corrected chi connectivity index (χ1v) is 8.82. The maximum Gasteiger partial charge on any atom is 0.407 e. The van der Waals surface area contributed by atoms with Crippen LogP contribution in [0.2, 0.25) is 0 Å². The first-order chi connectivity index (χ1) is 12.1. The predicted molar refractivity (Wildman–Crippen MR) is 102 cm³/mol. The standard InChI is InChI=1S/C22H25NO2/c1-15(2)12-13-16(3)23-22(24)25-14-21-19-10-6-4-8-17(19)18-9-5-7-11-20(18)21/h4-11,16,21H,1,12-14H2,2-3H3,(H,23,24). The number of benzene rings is 2. The molecule has 25 heavy (non-hydrogen) atoms. The van der Waals surface area contributed by atoms with E-state index in [4.69, 9.17) is 4.74 Å². The van der Waals surface area contributed by atoms with Crippen molar-refractivity contribution in [2.45, 2.75) is 38.6 Å². The lowest BCUT2D eigenvalue weighted by Gasteiger charge is -2.17. The van der Waals surface area contributed by atoms with Crippen molar-refractivity contribution in [2.75, 3.05) is 6.61 Å². The topological polar surface area (TPSA) is 38.3 Å². The van der Waals surface area contributed by atoms with Crippen molar-refractivity contribution in [3.05, 3.63) is 71.8 Å². The lowest BCUT2D eigenvalue weighted by Crippen LogP contribution is -2.33. The molecule has 3 heteroatoms. The van der Waals surface area contributed by atoms with E-state index >= 15 is 0 Å². The van der Waals surface area contributed by atoms with Crippen molar-refractivity contribution >= 4 is 6.09 Å². The second kappa shape index (κ2) is 7.56. The highest BCUT2D eigenvalue weighted by atomic mass is 16.5. The molecule has 2 aromatic rings. The van der Waals surface area contributed by atoms with E-state index in [0.717, 1.165) is 18.4 Å². The van der Waals surface area contributed by atoms with Crippen LogP contribution in [0.15, 0.2) is 60.7 Å². The molecule has 0 saturated carbocycles. The molecule has 2 aromatic carbocycles. The van der Waals surface area contributed by atoms with Gasteiger partial charge in [0.25, 0.3) is 0 Å². The van der Waals surface area contributed by atoms with Crippen LogP contribution in [0.5, 0.6) is 0 Å². The van der Waals surface area contributed by atoms with Gasteiger partial charge in [-0.05, 0) is 48.9 Å². The molecule has 0 aromatic heterocycles. The van der Waals surface area contributed by atoms with Crippen LogP contribution in [0.1, 0.15) is 43.7 Å². The van der Waals surface area contributed by atoms with Crippen molar-refractivity contribution in [1.29, 1.82) is 0 Å². The number of allylic oxidation sites excluding steroid dienone is 1. The highest BCUT2D eigenvalue weighted by Crippen LogP contribution is 2.44. The largest absolute Gasteiger partial charge is 0.449 e. The Kier molecular flexibility index (Phi) is 5.22. The van der Waals surface area contributed by atoms with Gasteiger partial charge in [-0.1, -0.05) is 54.1 Å². The van der Waals surface area contributed by atoms with Gasteiger partial charge in [-0.3, -0.25) is 0 Å². The summed E-state index contributed by atoms with van der Waals surface area (Å²) in [5, 5.41) is 2.90. The monoisotopic (exact) mass is 335 g/mol. The Balaban J connectivity index is 1.63. The molecule has 0 saturated heterocycles. The number of rotatable bonds is 6. The van der Waals surface area contributed by atoms with Crippen LogP contribution in [0.25, 0.3) is 11.1 Å². The molecule has 1 amide bonds. The smallest absolute Gasteiger partial charge is 0.407 e.